The minimum absolute atomic E-state index is 0.142. The molecule has 180 valence electrons. The van der Waals surface area contributed by atoms with Gasteiger partial charge >= 0.3 is 0 Å². The molecule has 6 nitrogen and oxygen atoms in total. The smallest absolute Gasteiger partial charge is 0.223 e. The maximum atomic E-state index is 12.9. The summed E-state index contributed by atoms with van der Waals surface area (Å²) in [6.45, 7) is 7.60. The van der Waals surface area contributed by atoms with Crippen molar-refractivity contribution in [1.82, 2.24) is 25.0 Å². The molecule has 7 heteroatoms. The van der Waals surface area contributed by atoms with E-state index in [0.717, 1.165) is 37.5 Å². The van der Waals surface area contributed by atoms with E-state index in [0.29, 0.717) is 24.0 Å². The molecule has 4 atom stereocenters. The molecule has 2 saturated heterocycles. The highest BCUT2D eigenvalue weighted by Gasteiger charge is 2.42. The molecule has 3 aliphatic rings. The first-order valence-electron chi connectivity index (χ1n) is 13.0. The van der Waals surface area contributed by atoms with Gasteiger partial charge in [-0.25, -0.2) is 0 Å². The molecule has 2 aromatic heterocycles. The third kappa shape index (κ3) is 4.76. The number of amides is 1. The lowest BCUT2D eigenvalue weighted by atomic mass is 9.95. The van der Waals surface area contributed by atoms with E-state index in [1.165, 1.54) is 43.4 Å². The molecule has 2 bridgehead atoms. The summed E-state index contributed by atoms with van der Waals surface area (Å²) in [5, 5.41) is 14.5. The van der Waals surface area contributed by atoms with E-state index in [4.69, 9.17) is 0 Å². The van der Waals surface area contributed by atoms with Gasteiger partial charge in [0.25, 0.3) is 0 Å². The number of aromatic nitrogens is 3. The van der Waals surface area contributed by atoms with Gasteiger partial charge < -0.3 is 9.88 Å². The summed E-state index contributed by atoms with van der Waals surface area (Å²) in [6, 6.07) is 6.21. The SMILES string of the molecule is Cc1nnc(C(C)C)n1C1C[C@H]2CC[C@@H](C1)N2CC[C@H](NC(=O)C1CCCC1)c1cccs1. The molecular formula is C26H39N5OS. The van der Waals surface area contributed by atoms with Crippen molar-refractivity contribution in [2.75, 3.05) is 6.54 Å². The van der Waals surface area contributed by atoms with Crippen LogP contribution in [0.4, 0.5) is 0 Å². The number of rotatable bonds is 8. The summed E-state index contributed by atoms with van der Waals surface area (Å²) >= 11 is 1.77. The molecule has 0 aromatic carbocycles. The normalized spacial score (nSPS) is 26.8. The Morgan fingerprint density at radius 2 is 1.85 bits per heavy atom. The Hall–Kier alpha value is -1.73. The second-order valence-electron chi connectivity index (χ2n) is 10.7. The minimum Gasteiger partial charge on any atom is -0.348 e. The molecule has 4 heterocycles. The van der Waals surface area contributed by atoms with Crippen LogP contribution in [0, 0.1) is 12.8 Å². The van der Waals surface area contributed by atoms with E-state index in [2.05, 4.69) is 63.3 Å². The lowest BCUT2D eigenvalue weighted by Crippen LogP contribution is -2.45. The maximum absolute atomic E-state index is 12.9. The molecule has 2 aliphatic heterocycles. The van der Waals surface area contributed by atoms with Crippen molar-refractivity contribution < 1.29 is 4.79 Å². The van der Waals surface area contributed by atoms with Gasteiger partial charge in [-0.05, 0) is 63.3 Å². The van der Waals surface area contributed by atoms with Crippen molar-refractivity contribution in [1.29, 1.82) is 0 Å². The average molecular weight is 470 g/mol. The second kappa shape index (κ2) is 9.87. The van der Waals surface area contributed by atoms with Gasteiger partial charge in [-0.3, -0.25) is 9.69 Å². The van der Waals surface area contributed by atoms with E-state index in [1.807, 2.05) is 0 Å². The fourth-order valence-electron chi connectivity index (χ4n) is 6.58. The molecule has 1 N–H and O–H groups in total. The van der Waals surface area contributed by atoms with Crippen LogP contribution in [0.2, 0.25) is 0 Å². The molecular weight excluding hydrogens is 430 g/mol. The van der Waals surface area contributed by atoms with Crippen LogP contribution in [-0.2, 0) is 4.79 Å². The zero-order valence-electron chi connectivity index (χ0n) is 20.4. The molecule has 0 spiro atoms. The van der Waals surface area contributed by atoms with Gasteiger partial charge in [0.1, 0.15) is 11.6 Å². The number of nitrogens with one attached hydrogen (secondary N) is 1. The van der Waals surface area contributed by atoms with Crippen LogP contribution >= 0.6 is 11.3 Å². The van der Waals surface area contributed by atoms with E-state index in [9.17, 15) is 4.79 Å². The van der Waals surface area contributed by atoms with Crippen molar-refractivity contribution >= 4 is 17.2 Å². The third-order valence-corrected chi connectivity index (χ3v) is 9.22. The highest BCUT2D eigenvalue weighted by Crippen LogP contribution is 2.42. The Kier molecular flexibility index (Phi) is 6.89. The predicted octanol–water partition coefficient (Wildman–Crippen LogP) is 5.38. The maximum Gasteiger partial charge on any atom is 0.223 e. The number of nitrogens with zero attached hydrogens (tertiary/aromatic N) is 4. The Balaban J connectivity index is 1.24. The van der Waals surface area contributed by atoms with Crippen LogP contribution in [0.3, 0.4) is 0 Å². The number of fused-ring (bicyclic) bond motifs is 2. The Bertz CT molecular complexity index is 919. The van der Waals surface area contributed by atoms with Crippen LogP contribution < -0.4 is 5.32 Å². The van der Waals surface area contributed by atoms with Gasteiger partial charge in [0.05, 0.1) is 6.04 Å². The zero-order chi connectivity index (χ0) is 22.9. The summed E-state index contributed by atoms with van der Waals surface area (Å²) in [5.74, 6) is 3.09. The number of hydrogen-bond donors (Lipinski definition) is 1. The quantitative estimate of drug-likeness (QED) is 0.564. The summed E-state index contributed by atoms with van der Waals surface area (Å²) in [5.41, 5.74) is 0. The van der Waals surface area contributed by atoms with E-state index in [-0.39, 0.29) is 17.9 Å². The molecule has 1 aliphatic carbocycles. The lowest BCUT2D eigenvalue weighted by molar-refractivity contribution is -0.125. The van der Waals surface area contributed by atoms with Gasteiger partial charge in [-0.1, -0.05) is 32.8 Å². The van der Waals surface area contributed by atoms with Crippen molar-refractivity contribution in [2.24, 2.45) is 5.92 Å². The van der Waals surface area contributed by atoms with Crippen LogP contribution in [-0.4, -0.2) is 44.2 Å². The fourth-order valence-corrected chi connectivity index (χ4v) is 7.40. The van der Waals surface area contributed by atoms with Crippen molar-refractivity contribution in [2.45, 2.75) is 109 Å². The number of piperidine rings is 1. The van der Waals surface area contributed by atoms with Gasteiger partial charge in [0, 0.05) is 41.4 Å². The van der Waals surface area contributed by atoms with Crippen LogP contribution in [0.25, 0.3) is 0 Å². The highest BCUT2D eigenvalue weighted by molar-refractivity contribution is 7.10. The number of carbonyl (C=O) groups excluding carboxylic acids is 1. The van der Waals surface area contributed by atoms with Crippen molar-refractivity contribution in [3.05, 3.63) is 34.0 Å². The van der Waals surface area contributed by atoms with E-state index in [1.54, 1.807) is 11.3 Å². The number of thiophene rings is 1. The Morgan fingerprint density at radius 1 is 1.12 bits per heavy atom. The molecule has 1 saturated carbocycles. The molecule has 33 heavy (non-hydrogen) atoms. The number of aryl methyl sites for hydroxylation is 1. The van der Waals surface area contributed by atoms with Gasteiger partial charge in [0.15, 0.2) is 0 Å². The first-order chi connectivity index (χ1) is 16.0. The fraction of sp³-hybridized carbons (Fsp3) is 0.731. The lowest BCUT2D eigenvalue weighted by Gasteiger charge is -2.40. The first kappa shape index (κ1) is 23.0. The number of hydrogen-bond acceptors (Lipinski definition) is 5. The van der Waals surface area contributed by atoms with Gasteiger partial charge in [0.2, 0.25) is 5.91 Å². The molecule has 1 amide bonds. The van der Waals surface area contributed by atoms with Crippen LogP contribution in [0.5, 0.6) is 0 Å². The molecule has 5 rings (SSSR count). The first-order valence-corrected chi connectivity index (χ1v) is 13.9. The van der Waals surface area contributed by atoms with Crippen molar-refractivity contribution in [3.8, 4) is 0 Å². The molecule has 2 aromatic rings. The van der Waals surface area contributed by atoms with Gasteiger partial charge in [-0.15, -0.1) is 21.5 Å². The number of carbonyl (C=O) groups is 1. The van der Waals surface area contributed by atoms with Crippen molar-refractivity contribution in [3.63, 3.8) is 0 Å². The molecule has 1 unspecified atom stereocenters. The molecule has 0 radical (unpaired) electrons. The Labute approximate surface area is 202 Å². The largest absolute Gasteiger partial charge is 0.348 e. The van der Waals surface area contributed by atoms with E-state index >= 15 is 0 Å². The third-order valence-electron chi connectivity index (χ3n) is 8.24. The monoisotopic (exact) mass is 469 g/mol. The standard InChI is InChI=1S/C26H39N5OS/c1-17(2)25-29-28-18(3)31(25)22-15-20-10-11-21(16-22)30(20)13-12-23(24-9-6-14-33-24)27-26(32)19-7-4-5-8-19/h6,9,14,17,19-23H,4-5,7-8,10-13,15-16H2,1-3H3,(H,27,32)/t20-,21+,22?,23-/m0/s1. The topological polar surface area (TPSA) is 63.1 Å². The zero-order valence-corrected chi connectivity index (χ0v) is 21.2. The summed E-state index contributed by atoms with van der Waals surface area (Å²) in [6.07, 6.45) is 10.5. The minimum atomic E-state index is 0.142. The average Bonchev–Trinajstić information content (AvgIpc) is 3.59. The predicted molar refractivity (Wildman–Crippen MR) is 132 cm³/mol. The highest BCUT2D eigenvalue weighted by atomic mass is 32.1. The van der Waals surface area contributed by atoms with Gasteiger partial charge in [-0.2, -0.15) is 0 Å². The second-order valence-corrected chi connectivity index (χ2v) is 11.7. The molecule has 3 fully saturated rings. The summed E-state index contributed by atoms with van der Waals surface area (Å²) < 4.78 is 2.43. The van der Waals surface area contributed by atoms with Crippen LogP contribution in [0.15, 0.2) is 17.5 Å². The van der Waals surface area contributed by atoms with E-state index < -0.39 is 0 Å². The summed E-state index contributed by atoms with van der Waals surface area (Å²) in [4.78, 5) is 17.0. The summed E-state index contributed by atoms with van der Waals surface area (Å²) in [7, 11) is 0. The van der Waals surface area contributed by atoms with Crippen LogP contribution in [0.1, 0.15) is 106 Å². The Morgan fingerprint density at radius 3 is 2.48 bits per heavy atom.